The number of aromatic nitrogens is 2. The molecule has 4 aromatic rings. The van der Waals surface area contributed by atoms with E-state index in [-0.39, 0.29) is 12.2 Å². The second-order valence-corrected chi connectivity index (χ2v) is 8.57. The van der Waals surface area contributed by atoms with Crippen molar-refractivity contribution in [2.75, 3.05) is 13.7 Å². The summed E-state index contributed by atoms with van der Waals surface area (Å²) >= 11 is 3.52. The molecule has 8 nitrogen and oxygen atoms in total. The van der Waals surface area contributed by atoms with Crippen molar-refractivity contribution in [3.8, 4) is 22.9 Å². The molecule has 0 unspecified atom stereocenters. The topological polar surface area (TPSA) is 92.0 Å². The van der Waals surface area contributed by atoms with Crippen LogP contribution >= 0.6 is 15.9 Å². The number of ether oxygens (including phenoxy) is 3. The summed E-state index contributed by atoms with van der Waals surface area (Å²) in [6.07, 6.45) is 0.719. The first-order chi connectivity index (χ1) is 17.4. The molecule has 1 atom stereocenters. The molecule has 0 aliphatic carbocycles. The minimum Gasteiger partial charge on any atom is -0.493 e. The van der Waals surface area contributed by atoms with Gasteiger partial charge in [0.1, 0.15) is 0 Å². The molecule has 9 heteroatoms. The number of hydrogen-bond acceptors (Lipinski definition) is 7. The van der Waals surface area contributed by atoms with E-state index in [1.807, 2.05) is 36.4 Å². The van der Waals surface area contributed by atoms with Gasteiger partial charge in [-0.25, -0.2) is 9.78 Å². The highest BCUT2D eigenvalue weighted by atomic mass is 79.9. The Hall–Kier alpha value is -3.98. The average molecular weight is 550 g/mol. The van der Waals surface area contributed by atoms with Crippen molar-refractivity contribution in [3.63, 3.8) is 0 Å². The molecule has 0 aliphatic rings. The molecule has 0 spiro atoms. The monoisotopic (exact) mass is 549 g/mol. The van der Waals surface area contributed by atoms with Crippen LogP contribution in [-0.4, -0.2) is 41.7 Å². The van der Waals surface area contributed by atoms with Crippen LogP contribution in [0.5, 0.6) is 11.5 Å². The zero-order chi connectivity index (χ0) is 25.7. The van der Waals surface area contributed by atoms with Crippen molar-refractivity contribution in [2.24, 2.45) is 5.10 Å². The minimum atomic E-state index is -0.819. The number of rotatable bonds is 8. The Morgan fingerprint density at radius 3 is 2.56 bits per heavy atom. The predicted octanol–water partition coefficient (Wildman–Crippen LogP) is 5.05. The number of benzene rings is 3. The lowest BCUT2D eigenvalue weighted by molar-refractivity contribution is -0.150. The molecule has 0 fully saturated rings. The van der Waals surface area contributed by atoms with Crippen LogP contribution in [0.2, 0.25) is 0 Å². The average Bonchev–Trinajstić information content (AvgIpc) is 2.89. The molecule has 0 saturated heterocycles. The van der Waals surface area contributed by atoms with E-state index in [1.54, 1.807) is 44.2 Å². The molecule has 184 valence electrons. The Morgan fingerprint density at radius 1 is 1.11 bits per heavy atom. The molecule has 3 aromatic carbocycles. The second kappa shape index (κ2) is 11.2. The molecular formula is C27H24BrN3O5. The summed E-state index contributed by atoms with van der Waals surface area (Å²) in [7, 11) is 1.50. The maximum atomic E-state index is 13.4. The van der Waals surface area contributed by atoms with Crippen molar-refractivity contribution in [3.05, 3.63) is 87.1 Å². The fourth-order valence-electron chi connectivity index (χ4n) is 3.52. The van der Waals surface area contributed by atoms with Crippen LogP contribution in [0, 0.1) is 0 Å². The first kappa shape index (κ1) is 25.1. The van der Waals surface area contributed by atoms with E-state index < -0.39 is 12.1 Å². The summed E-state index contributed by atoms with van der Waals surface area (Å²) in [5.74, 6) is 0.694. The SMILES string of the molecule is CCOC(=O)[C@H](C)Oc1cc(Br)c(C=Nn2c(-c3ccccc3)nc3ccccc3c2=O)cc1OC. The van der Waals surface area contributed by atoms with E-state index in [2.05, 4.69) is 21.0 Å². The van der Waals surface area contributed by atoms with Gasteiger partial charge in [0.05, 0.1) is 30.8 Å². The van der Waals surface area contributed by atoms with Crippen molar-refractivity contribution >= 4 is 39.0 Å². The summed E-state index contributed by atoms with van der Waals surface area (Å²) in [5.41, 5.74) is 1.68. The van der Waals surface area contributed by atoms with Gasteiger partial charge in [0.15, 0.2) is 23.4 Å². The van der Waals surface area contributed by atoms with Gasteiger partial charge in [-0.1, -0.05) is 42.5 Å². The number of nitrogens with zero attached hydrogens (tertiary/aromatic N) is 3. The molecule has 0 radical (unpaired) electrons. The van der Waals surface area contributed by atoms with Gasteiger partial charge in [-0.05, 0) is 54.0 Å². The normalized spacial score (nSPS) is 12.0. The third-order valence-electron chi connectivity index (χ3n) is 5.30. The van der Waals surface area contributed by atoms with Crippen molar-refractivity contribution in [1.82, 2.24) is 9.66 Å². The number of carbonyl (C=O) groups excluding carboxylic acids is 1. The molecule has 0 bridgehead atoms. The van der Waals surface area contributed by atoms with Crippen LogP contribution in [0.3, 0.4) is 0 Å². The zero-order valence-corrected chi connectivity index (χ0v) is 21.6. The van der Waals surface area contributed by atoms with E-state index >= 15 is 0 Å². The van der Waals surface area contributed by atoms with Gasteiger partial charge in [-0.3, -0.25) is 4.79 Å². The second-order valence-electron chi connectivity index (χ2n) is 7.72. The maximum Gasteiger partial charge on any atom is 0.347 e. The number of halogens is 1. The predicted molar refractivity (Wildman–Crippen MR) is 142 cm³/mol. The fraction of sp³-hybridized carbons (Fsp3) is 0.185. The smallest absolute Gasteiger partial charge is 0.347 e. The summed E-state index contributed by atoms with van der Waals surface area (Å²) in [5, 5.41) is 4.96. The summed E-state index contributed by atoms with van der Waals surface area (Å²) in [4.78, 5) is 30.0. The van der Waals surface area contributed by atoms with Gasteiger partial charge in [0, 0.05) is 15.6 Å². The highest BCUT2D eigenvalue weighted by Gasteiger charge is 2.19. The molecule has 1 aromatic heterocycles. The highest BCUT2D eigenvalue weighted by Crippen LogP contribution is 2.34. The van der Waals surface area contributed by atoms with Gasteiger partial charge in [0.2, 0.25) is 0 Å². The Balaban J connectivity index is 1.76. The van der Waals surface area contributed by atoms with Gasteiger partial charge >= 0.3 is 5.97 Å². The van der Waals surface area contributed by atoms with Crippen LogP contribution in [0.1, 0.15) is 19.4 Å². The molecule has 0 aliphatic heterocycles. The van der Waals surface area contributed by atoms with E-state index in [9.17, 15) is 9.59 Å². The Bertz CT molecular complexity index is 1480. The Kier molecular flexibility index (Phi) is 7.80. The van der Waals surface area contributed by atoms with Gasteiger partial charge in [-0.15, -0.1) is 0 Å². The van der Waals surface area contributed by atoms with Crippen LogP contribution < -0.4 is 15.0 Å². The van der Waals surface area contributed by atoms with Gasteiger partial charge in [0.25, 0.3) is 5.56 Å². The number of hydrogen-bond donors (Lipinski definition) is 0. The highest BCUT2D eigenvalue weighted by molar-refractivity contribution is 9.10. The van der Waals surface area contributed by atoms with Crippen molar-refractivity contribution in [2.45, 2.75) is 20.0 Å². The largest absolute Gasteiger partial charge is 0.493 e. The maximum absolute atomic E-state index is 13.4. The number of methoxy groups -OCH3 is 1. The summed E-state index contributed by atoms with van der Waals surface area (Å²) in [6, 6.07) is 19.9. The number of para-hydroxylation sites is 1. The van der Waals surface area contributed by atoms with Crippen LogP contribution in [-0.2, 0) is 9.53 Å². The Labute approximate surface area is 216 Å². The third-order valence-corrected chi connectivity index (χ3v) is 5.99. The van der Waals surface area contributed by atoms with E-state index in [1.165, 1.54) is 18.0 Å². The van der Waals surface area contributed by atoms with E-state index in [0.29, 0.717) is 38.3 Å². The minimum absolute atomic E-state index is 0.261. The fourth-order valence-corrected chi connectivity index (χ4v) is 3.95. The molecule has 36 heavy (non-hydrogen) atoms. The molecule has 0 N–H and O–H groups in total. The number of carbonyl (C=O) groups is 1. The molecule has 1 heterocycles. The van der Waals surface area contributed by atoms with E-state index in [0.717, 1.165) is 5.56 Å². The van der Waals surface area contributed by atoms with Gasteiger partial charge < -0.3 is 14.2 Å². The molecule has 0 saturated carbocycles. The third kappa shape index (κ3) is 5.31. The van der Waals surface area contributed by atoms with Crippen LogP contribution in [0.25, 0.3) is 22.3 Å². The lowest BCUT2D eigenvalue weighted by Crippen LogP contribution is -2.26. The lowest BCUT2D eigenvalue weighted by atomic mass is 10.2. The Morgan fingerprint density at radius 2 is 1.83 bits per heavy atom. The zero-order valence-electron chi connectivity index (χ0n) is 20.0. The molecule has 0 amide bonds. The molecule has 4 rings (SSSR count). The first-order valence-corrected chi connectivity index (χ1v) is 12.0. The quantitative estimate of drug-likeness (QED) is 0.225. The van der Waals surface area contributed by atoms with E-state index in [4.69, 9.17) is 19.2 Å². The number of fused-ring (bicyclic) bond motifs is 1. The van der Waals surface area contributed by atoms with Gasteiger partial charge in [-0.2, -0.15) is 9.78 Å². The number of esters is 1. The van der Waals surface area contributed by atoms with Crippen LogP contribution in [0.4, 0.5) is 0 Å². The molecular weight excluding hydrogens is 526 g/mol. The van der Waals surface area contributed by atoms with Crippen molar-refractivity contribution in [1.29, 1.82) is 0 Å². The standard InChI is InChI=1S/C27H24BrN3O5/c1-4-35-27(33)17(2)36-24-15-21(28)19(14-23(24)34-3)16-29-31-25(18-10-6-5-7-11-18)30-22-13-9-8-12-20(22)26(31)32/h5-17H,4H2,1-3H3/t17-/m0/s1. The van der Waals surface area contributed by atoms with Crippen molar-refractivity contribution < 1.29 is 19.0 Å². The first-order valence-electron chi connectivity index (χ1n) is 11.2. The lowest BCUT2D eigenvalue weighted by Gasteiger charge is -2.17. The summed E-state index contributed by atoms with van der Waals surface area (Å²) in [6.45, 7) is 3.59. The van der Waals surface area contributed by atoms with Crippen LogP contribution in [0.15, 0.2) is 81.1 Å². The summed E-state index contributed by atoms with van der Waals surface area (Å²) < 4.78 is 18.1.